The second kappa shape index (κ2) is 6.58. The van der Waals surface area contributed by atoms with Gasteiger partial charge in [0.2, 0.25) is 0 Å². The monoisotopic (exact) mass is 324 g/mol. The normalized spacial score (nSPS) is 13.7. The van der Waals surface area contributed by atoms with Gasteiger partial charge in [-0.25, -0.2) is 4.98 Å². The number of nitriles is 1. The zero-order valence-corrected chi connectivity index (χ0v) is 13.6. The van der Waals surface area contributed by atoms with Gasteiger partial charge in [0.1, 0.15) is 0 Å². The lowest BCUT2D eigenvalue weighted by molar-refractivity contribution is 1.03. The standard InChI is InChI=1S/C21H16N4/c22-14-15-4-3-5-16(12-15)20-13-21(24-17-8-10-23-11-9-17)18-6-1-2-7-19(18)25-20/h1-2,4,6-13H,3,5H2,(H,23,24,25). The highest BCUT2D eigenvalue weighted by Crippen LogP contribution is 2.32. The van der Waals surface area contributed by atoms with Gasteiger partial charge in [-0.15, -0.1) is 0 Å². The maximum atomic E-state index is 9.18. The van der Waals surface area contributed by atoms with Gasteiger partial charge in [0, 0.05) is 29.0 Å². The molecule has 2 heterocycles. The van der Waals surface area contributed by atoms with Crippen LogP contribution in [0.1, 0.15) is 18.5 Å². The summed E-state index contributed by atoms with van der Waals surface area (Å²) < 4.78 is 0. The number of pyridine rings is 2. The van der Waals surface area contributed by atoms with E-state index in [1.807, 2.05) is 42.5 Å². The maximum absolute atomic E-state index is 9.18. The number of fused-ring (bicyclic) bond motifs is 1. The average Bonchev–Trinajstić information content (AvgIpc) is 2.69. The Morgan fingerprint density at radius 2 is 1.92 bits per heavy atom. The van der Waals surface area contributed by atoms with Gasteiger partial charge in [-0.1, -0.05) is 24.3 Å². The molecule has 1 aliphatic rings. The Bertz CT molecular complexity index is 1030. The fourth-order valence-electron chi connectivity index (χ4n) is 3.02. The van der Waals surface area contributed by atoms with E-state index in [2.05, 4.69) is 28.5 Å². The van der Waals surface area contributed by atoms with Crippen molar-refractivity contribution in [3.05, 3.63) is 78.3 Å². The molecule has 0 amide bonds. The minimum atomic E-state index is 0.708. The first-order chi connectivity index (χ1) is 12.3. The van der Waals surface area contributed by atoms with Gasteiger partial charge >= 0.3 is 0 Å². The lowest BCUT2D eigenvalue weighted by atomic mass is 9.96. The number of hydrogen-bond donors (Lipinski definition) is 1. The molecule has 0 aliphatic heterocycles. The van der Waals surface area contributed by atoms with Crippen LogP contribution in [0.3, 0.4) is 0 Å². The minimum absolute atomic E-state index is 0.708. The molecule has 1 aliphatic carbocycles. The van der Waals surface area contributed by atoms with Gasteiger partial charge in [0.25, 0.3) is 0 Å². The summed E-state index contributed by atoms with van der Waals surface area (Å²) in [6, 6.07) is 16.2. The highest BCUT2D eigenvalue weighted by molar-refractivity contribution is 5.95. The van der Waals surface area contributed by atoms with Crippen LogP contribution in [-0.2, 0) is 0 Å². The Morgan fingerprint density at radius 1 is 1.08 bits per heavy atom. The van der Waals surface area contributed by atoms with Crippen LogP contribution in [0.5, 0.6) is 0 Å². The Hall–Kier alpha value is -3.45. The minimum Gasteiger partial charge on any atom is -0.355 e. The molecule has 25 heavy (non-hydrogen) atoms. The summed E-state index contributed by atoms with van der Waals surface area (Å²) in [5.74, 6) is 0. The van der Waals surface area contributed by atoms with E-state index in [-0.39, 0.29) is 0 Å². The maximum Gasteiger partial charge on any atom is 0.0988 e. The Labute approximate surface area is 146 Å². The molecule has 4 nitrogen and oxygen atoms in total. The molecule has 2 aromatic heterocycles. The van der Waals surface area contributed by atoms with E-state index in [1.165, 1.54) is 0 Å². The molecule has 0 bridgehead atoms. The van der Waals surface area contributed by atoms with Crippen LogP contribution in [0.15, 0.2) is 72.6 Å². The number of allylic oxidation sites excluding steroid dienone is 4. The van der Waals surface area contributed by atoms with Crippen molar-refractivity contribution in [2.45, 2.75) is 12.8 Å². The third-order valence-corrected chi connectivity index (χ3v) is 4.24. The third kappa shape index (κ3) is 3.13. The quantitative estimate of drug-likeness (QED) is 0.736. The van der Waals surface area contributed by atoms with Crippen molar-refractivity contribution in [1.82, 2.24) is 9.97 Å². The zero-order valence-electron chi connectivity index (χ0n) is 13.6. The Balaban J connectivity index is 1.83. The third-order valence-electron chi connectivity index (χ3n) is 4.24. The summed E-state index contributed by atoms with van der Waals surface area (Å²) in [5, 5.41) is 13.7. The lowest BCUT2D eigenvalue weighted by Crippen LogP contribution is -1.99. The van der Waals surface area contributed by atoms with Crippen LogP contribution >= 0.6 is 0 Å². The van der Waals surface area contributed by atoms with Gasteiger partial charge in [-0.3, -0.25) is 4.98 Å². The topological polar surface area (TPSA) is 61.6 Å². The molecular weight excluding hydrogens is 308 g/mol. The van der Waals surface area contributed by atoms with Gasteiger partial charge in [-0.2, -0.15) is 5.26 Å². The largest absolute Gasteiger partial charge is 0.355 e. The predicted molar refractivity (Wildman–Crippen MR) is 100 cm³/mol. The smallest absolute Gasteiger partial charge is 0.0988 e. The number of nitrogens with one attached hydrogen (secondary N) is 1. The van der Waals surface area contributed by atoms with Crippen molar-refractivity contribution in [1.29, 1.82) is 5.26 Å². The van der Waals surface area contributed by atoms with Crippen molar-refractivity contribution in [2.75, 3.05) is 5.32 Å². The summed E-state index contributed by atoms with van der Waals surface area (Å²) in [6.07, 6.45) is 9.21. The van der Waals surface area contributed by atoms with E-state index < -0.39 is 0 Å². The van der Waals surface area contributed by atoms with Crippen LogP contribution in [0.25, 0.3) is 16.5 Å². The van der Waals surface area contributed by atoms with Crippen molar-refractivity contribution >= 4 is 27.9 Å². The fourth-order valence-corrected chi connectivity index (χ4v) is 3.02. The van der Waals surface area contributed by atoms with Crippen LogP contribution in [0.4, 0.5) is 11.4 Å². The summed E-state index contributed by atoms with van der Waals surface area (Å²) in [7, 11) is 0. The van der Waals surface area contributed by atoms with E-state index in [9.17, 15) is 5.26 Å². The van der Waals surface area contributed by atoms with Crippen LogP contribution in [-0.4, -0.2) is 9.97 Å². The van der Waals surface area contributed by atoms with Crippen LogP contribution in [0.2, 0.25) is 0 Å². The van der Waals surface area contributed by atoms with Crippen molar-refractivity contribution in [3.63, 3.8) is 0 Å². The Morgan fingerprint density at radius 3 is 2.76 bits per heavy atom. The van der Waals surface area contributed by atoms with Gasteiger partial charge in [0.05, 0.1) is 23.0 Å². The van der Waals surface area contributed by atoms with E-state index in [4.69, 9.17) is 4.98 Å². The summed E-state index contributed by atoms with van der Waals surface area (Å²) in [5.41, 5.74) is 5.64. The zero-order chi connectivity index (χ0) is 17.1. The summed E-state index contributed by atoms with van der Waals surface area (Å²) in [6.45, 7) is 0. The van der Waals surface area contributed by atoms with E-state index in [0.29, 0.717) is 5.57 Å². The number of nitrogens with zero attached hydrogens (tertiary/aromatic N) is 3. The second-order valence-electron chi connectivity index (χ2n) is 5.91. The summed E-state index contributed by atoms with van der Waals surface area (Å²) >= 11 is 0. The molecule has 4 heteroatoms. The summed E-state index contributed by atoms with van der Waals surface area (Å²) in [4.78, 5) is 8.87. The first-order valence-electron chi connectivity index (χ1n) is 8.21. The van der Waals surface area contributed by atoms with E-state index >= 15 is 0 Å². The molecule has 4 rings (SSSR count). The fraction of sp³-hybridized carbons (Fsp3) is 0.0952. The van der Waals surface area contributed by atoms with Gasteiger partial charge in [0.15, 0.2) is 0 Å². The van der Waals surface area contributed by atoms with E-state index in [0.717, 1.165) is 46.4 Å². The molecule has 0 spiro atoms. The molecule has 0 fully saturated rings. The molecule has 0 radical (unpaired) electrons. The molecule has 3 aromatic rings. The highest BCUT2D eigenvalue weighted by Gasteiger charge is 2.12. The van der Waals surface area contributed by atoms with Gasteiger partial charge in [-0.05, 0) is 48.8 Å². The molecule has 1 N–H and O–H groups in total. The number of aromatic nitrogens is 2. The first-order valence-corrected chi connectivity index (χ1v) is 8.21. The van der Waals surface area contributed by atoms with E-state index in [1.54, 1.807) is 12.4 Å². The van der Waals surface area contributed by atoms with Crippen molar-refractivity contribution in [3.8, 4) is 6.07 Å². The number of para-hydroxylation sites is 1. The average molecular weight is 324 g/mol. The molecule has 0 saturated carbocycles. The Kier molecular flexibility index (Phi) is 3.97. The first kappa shape index (κ1) is 15.1. The molecule has 0 saturated heterocycles. The molecule has 120 valence electrons. The molecular formula is C21H16N4. The highest BCUT2D eigenvalue weighted by atomic mass is 14.9. The second-order valence-corrected chi connectivity index (χ2v) is 5.91. The van der Waals surface area contributed by atoms with Crippen molar-refractivity contribution in [2.24, 2.45) is 0 Å². The number of hydrogen-bond acceptors (Lipinski definition) is 4. The predicted octanol–water partition coefficient (Wildman–Crippen LogP) is 5.00. The molecule has 0 unspecified atom stereocenters. The van der Waals surface area contributed by atoms with Crippen LogP contribution in [0, 0.1) is 11.3 Å². The van der Waals surface area contributed by atoms with Gasteiger partial charge < -0.3 is 5.32 Å². The number of anilines is 2. The lowest BCUT2D eigenvalue weighted by Gasteiger charge is -2.15. The molecule has 1 aromatic carbocycles. The number of rotatable bonds is 3. The molecule has 0 atom stereocenters. The number of benzene rings is 1. The van der Waals surface area contributed by atoms with Crippen molar-refractivity contribution < 1.29 is 0 Å². The SMILES string of the molecule is N#CC1=CCCC(c2cc(Nc3ccncc3)c3ccccc3n2)=C1. The van der Waals surface area contributed by atoms with Crippen LogP contribution < -0.4 is 5.32 Å².